The zero-order valence-electron chi connectivity index (χ0n) is 12.1. The summed E-state index contributed by atoms with van der Waals surface area (Å²) in [5, 5.41) is 0. The molecule has 2 N–H and O–H groups in total. The summed E-state index contributed by atoms with van der Waals surface area (Å²) in [6.45, 7) is 7.71. The Kier molecular flexibility index (Phi) is 3.68. The van der Waals surface area contributed by atoms with Crippen molar-refractivity contribution in [3.8, 4) is 0 Å². The molecule has 0 aromatic carbocycles. The largest absolute Gasteiger partial charge is 0.464 e. The molecule has 0 spiro atoms. The van der Waals surface area contributed by atoms with E-state index in [1.807, 2.05) is 0 Å². The van der Waals surface area contributed by atoms with Gasteiger partial charge in [0.2, 0.25) is 0 Å². The molecule has 3 unspecified atom stereocenters. The fourth-order valence-corrected chi connectivity index (χ4v) is 3.25. The minimum atomic E-state index is 0.341. The second kappa shape index (κ2) is 5.29. The Labute approximate surface area is 116 Å². The van der Waals surface area contributed by atoms with Gasteiger partial charge in [-0.2, -0.15) is 0 Å². The first-order valence-corrected chi connectivity index (χ1v) is 7.70. The molecular formula is C16H26N2O. The van der Waals surface area contributed by atoms with E-state index in [2.05, 4.69) is 30.9 Å². The molecule has 2 fully saturated rings. The molecule has 1 aliphatic carbocycles. The Morgan fingerprint density at radius 2 is 2.05 bits per heavy atom. The van der Waals surface area contributed by atoms with Gasteiger partial charge in [0.05, 0.1) is 6.54 Å². The maximum absolute atomic E-state index is 5.99. The number of furan rings is 1. The average Bonchev–Trinajstić information content (AvgIpc) is 2.94. The van der Waals surface area contributed by atoms with E-state index in [9.17, 15) is 0 Å². The highest BCUT2D eigenvalue weighted by Gasteiger charge is 2.36. The van der Waals surface area contributed by atoms with Gasteiger partial charge in [-0.15, -0.1) is 0 Å². The van der Waals surface area contributed by atoms with Gasteiger partial charge >= 0.3 is 0 Å². The van der Waals surface area contributed by atoms with Crippen molar-refractivity contribution < 1.29 is 4.42 Å². The summed E-state index contributed by atoms with van der Waals surface area (Å²) in [7, 11) is 0. The van der Waals surface area contributed by atoms with E-state index >= 15 is 0 Å². The molecule has 1 aromatic heterocycles. The van der Waals surface area contributed by atoms with Gasteiger partial charge < -0.3 is 10.2 Å². The average molecular weight is 262 g/mol. The van der Waals surface area contributed by atoms with Crippen LogP contribution in [0.2, 0.25) is 0 Å². The monoisotopic (exact) mass is 262 g/mol. The lowest BCUT2D eigenvalue weighted by atomic mass is 9.91. The molecule has 1 aromatic rings. The topological polar surface area (TPSA) is 42.4 Å². The van der Waals surface area contributed by atoms with Crippen LogP contribution in [-0.2, 0) is 6.54 Å². The maximum atomic E-state index is 5.99. The van der Waals surface area contributed by atoms with Crippen LogP contribution in [0.5, 0.6) is 0 Å². The van der Waals surface area contributed by atoms with Crippen molar-refractivity contribution in [1.29, 1.82) is 0 Å². The predicted octanol–water partition coefficient (Wildman–Crippen LogP) is 2.96. The fraction of sp³-hybridized carbons (Fsp3) is 0.750. The Hall–Kier alpha value is -0.800. The first-order valence-electron chi connectivity index (χ1n) is 7.70. The third-order valence-corrected chi connectivity index (χ3v) is 4.91. The SMILES string of the molecule is CC(N)C1CCN(Cc2ccc(C3CC3C)o2)CC1. The number of nitrogens with two attached hydrogens (primary N) is 1. The van der Waals surface area contributed by atoms with E-state index in [1.54, 1.807) is 0 Å². The predicted molar refractivity (Wildman–Crippen MR) is 76.9 cm³/mol. The van der Waals surface area contributed by atoms with E-state index in [1.165, 1.54) is 25.0 Å². The first-order chi connectivity index (χ1) is 9.13. The lowest BCUT2D eigenvalue weighted by molar-refractivity contribution is 0.155. The molecule has 3 atom stereocenters. The lowest BCUT2D eigenvalue weighted by Crippen LogP contribution is -2.39. The van der Waals surface area contributed by atoms with Crippen LogP contribution in [0.1, 0.15) is 50.5 Å². The quantitative estimate of drug-likeness (QED) is 0.907. The van der Waals surface area contributed by atoms with Crippen LogP contribution in [0.3, 0.4) is 0 Å². The van der Waals surface area contributed by atoms with Gasteiger partial charge in [-0.1, -0.05) is 6.92 Å². The fourth-order valence-electron chi connectivity index (χ4n) is 3.25. The first kappa shape index (κ1) is 13.2. The summed E-state index contributed by atoms with van der Waals surface area (Å²) in [5.41, 5.74) is 5.98. The summed E-state index contributed by atoms with van der Waals surface area (Å²) in [4.78, 5) is 2.50. The van der Waals surface area contributed by atoms with Crippen molar-refractivity contribution in [2.24, 2.45) is 17.6 Å². The van der Waals surface area contributed by atoms with Crippen LogP contribution >= 0.6 is 0 Å². The molecule has 1 saturated heterocycles. The number of likely N-dealkylation sites (tertiary alicyclic amines) is 1. The van der Waals surface area contributed by atoms with Gasteiger partial charge in [0, 0.05) is 12.0 Å². The number of piperidine rings is 1. The van der Waals surface area contributed by atoms with Crippen LogP contribution in [0.15, 0.2) is 16.5 Å². The lowest BCUT2D eigenvalue weighted by Gasteiger charge is -2.33. The minimum absolute atomic E-state index is 0.341. The third-order valence-electron chi connectivity index (χ3n) is 4.91. The smallest absolute Gasteiger partial charge is 0.118 e. The molecule has 0 radical (unpaired) electrons. The van der Waals surface area contributed by atoms with Gasteiger partial charge in [-0.25, -0.2) is 0 Å². The van der Waals surface area contributed by atoms with Gasteiger partial charge in [0.15, 0.2) is 0 Å². The highest BCUT2D eigenvalue weighted by molar-refractivity contribution is 5.17. The zero-order valence-corrected chi connectivity index (χ0v) is 12.1. The number of hydrogen-bond donors (Lipinski definition) is 1. The number of nitrogens with zero attached hydrogens (tertiary/aromatic N) is 1. The molecule has 3 rings (SSSR count). The normalized spacial score (nSPS) is 30.5. The standard InChI is InChI=1S/C16H26N2O/c1-11-9-15(11)16-4-3-14(19-16)10-18-7-5-13(6-8-18)12(2)17/h3-4,11-13,15H,5-10,17H2,1-2H3. The van der Waals surface area contributed by atoms with Crippen molar-refractivity contribution in [2.75, 3.05) is 13.1 Å². The molecule has 106 valence electrons. The summed E-state index contributed by atoms with van der Waals surface area (Å²) >= 11 is 0. The molecule has 3 heteroatoms. The molecule has 0 amide bonds. The second-order valence-corrected chi connectivity index (χ2v) is 6.60. The number of rotatable bonds is 4. The summed E-state index contributed by atoms with van der Waals surface area (Å²) in [5.74, 6) is 4.55. The van der Waals surface area contributed by atoms with E-state index in [0.29, 0.717) is 17.9 Å². The number of hydrogen-bond acceptors (Lipinski definition) is 3. The van der Waals surface area contributed by atoms with Crippen LogP contribution in [0, 0.1) is 11.8 Å². The molecule has 2 aliphatic rings. The van der Waals surface area contributed by atoms with Gasteiger partial charge in [0.25, 0.3) is 0 Å². The second-order valence-electron chi connectivity index (χ2n) is 6.60. The van der Waals surface area contributed by atoms with Crippen molar-refractivity contribution >= 4 is 0 Å². The van der Waals surface area contributed by atoms with Gasteiger partial charge in [-0.3, -0.25) is 4.90 Å². The van der Waals surface area contributed by atoms with Crippen LogP contribution in [0.25, 0.3) is 0 Å². The maximum Gasteiger partial charge on any atom is 0.118 e. The Morgan fingerprint density at radius 3 is 2.63 bits per heavy atom. The molecule has 0 bridgehead atoms. The van der Waals surface area contributed by atoms with Crippen LogP contribution in [-0.4, -0.2) is 24.0 Å². The van der Waals surface area contributed by atoms with Crippen molar-refractivity contribution in [2.45, 2.75) is 51.6 Å². The van der Waals surface area contributed by atoms with Crippen LogP contribution in [0.4, 0.5) is 0 Å². The van der Waals surface area contributed by atoms with Crippen molar-refractivity contribution in [3.05, 3.63) is 23.7 Å². The Bertz CT molecular complexity index is 418. The van der Waals surface area contributed by atoms with Crippen molar-refractivity contribution in [1.82, 2.24) is 4.90 Å². The van der Waals surface area contributed by atoms with Gasteiger partial charge in [0.1, 0.15) is 11.5 Å². The molecule has 1 aliphatic heterocycles. The van der Waals surface area contributed by atoms with E-state index in [4.69, 9.17) is 10.2 Å². The third kappa shape index (κ3) is 3.03. The molecule has 3 nitrogen and oxygen atoms in total. The molecule has 2 heterocycles. The zero-order chi connectivity index (χ0) is 13.4. The van der Waals surface area contributed by atoms with Gasteiger partial charge in [-0.05, 0) is 63.2 Å². The molecule has 19 heavy (non-hydrogen) atoms. The van der Waals surface area contributed by atoms with Crippen molar-refractivity contribution in [3.63, 3.8) is 0 Å². The van der Waals surface area contributed by atoms with Crippen LogP contribution < -0.4 is 5.73 Å². The van der Waals surface area contributed by atoms with E-state index in [-0.39, 0.29) is 0 Å². The Morgan fingerprint density at radius 1 is 1.37 bits per heavy atom. The summed E-state index contributed by atoms with van der Waals surface area (Å²) < 4.78 is 5.99. The van der Waals surface area contributed by atoms with E-state index in [0.717, 1.165) is 31.3 Å². The molecule has 1 saturated carbocycles. The highest BCUT2D eigenvalue weighted by Crippen LogP contribution is 2.47. The molecular weight excluding hydrogens is 236 g/mol. The van der Waals surface area contributed by atoms with E-state index < -0.39 is 0 Å². The summed E-state index contributed by atoms with van der Waals surface area (Å²) in [6.07, 6.45) is 3.75. The minimum Gasteiger partial charge on any atom is -0.464 e. The summed E-state index contributed by atoms with van der Waals surface area (Å²) in [6, 6.07) is 4.68. The highest BCUT2D eigenvalue weighted by atomic mass is 16.3. The Balaban J connectivity index is 1.51.